The molecule has 0 heterocycles. The Kier molecular flexibility index (Phi) is 17.3. The first-order chi connectivity index (χ1) is 6.77. The minimum Gasteiger partial charge on any atom is 0 e. The van der Waals surface area contributed by atoms with Crippen molar-refractivity contribution in [3.05, 3.63) is 0 Å². The molecule has 0 aliphatic carbocycles. The van der Waals surface area contributed by atoms with Crippen LogP contribution < -0.4 is 0 Å². The van der Waals surface area contributed by atoms with Gasteiger partial charge in [0.2, 0.25) is 0 Å². The molecule has 0 fully saturated rings. The number of hydrogen-bond donors (Lipinski definition) is 0. The molecule has 0 bridgehead atoms. The second kappa shape index (κ2) is 14.1. The Bertz CT molecular complexity index is 669. The van der Waals surface area contributed by atoms with Gasteiger partial charge in [0.1, 0.15) is 0 Å². The first-order valence-corrected chi connectivity index (χ1v) is 19.5. The van der Waals surface area contributed by atoms with Crippen LogP contribution in [0.15, 0.2) is 0 Å². The van der Waals surface area contributed by atoms with Crippen molar-refractivity contribution in [2.24, 2.45) is 0 Å². The third-order valence-electron chi connectivity index (χ3n) is 0.306. The summed E-state index contributed by atoms with van der Waals surface area (Å²) in [6.07, 6.45) is 0. The highest BCUT2D eigenvalue weighted by Gasteiger charge is 1.41. The van der Waals surface area contributed by atoms with E-state index in [9.17, 15) is 0 Å². The molecule has 0 N–H and O–H groups in total. The average molecular weight is 449 g/mol. The van der Waals surface area contributed by atoms with Gasteiger partial charge < -0.3 is 0 Å². The summed E-state index contributed by atoms with van der Waals surface area (Å²) in [5.74, 6) is 0. The zero-order valence-corrected chi connectivity index (χ0v) is 17.1. The maximum atomic E-state index is 4.86. The van der Waals surface area contributed by atoms with Crippen LogP contribution in [0.25, 0.3) is 0 Å². The lowest BCUT2D eigenvalue weighted by atomic mass is 30.7. The lowest BCUT2D eigenvalue weighted by molar-refractivity contribution is 5.96. The van der Waals surface area contributed by atoms with Crippen LogP contribution in [-0.2, 0) is 129 Å². The topological polar surface area (TPSA) is 0 Å². The molecule has 0 radical (unpaired) electrons. The highest BCUT2D eigenvalue weighted by atomic mass is 33.5. The van der Waals surface area contributed by atoms with Gasteiger partial charge in [-0.05, 0) is 0 Å². The molecular formula is S14. The van der Waals surface area contributed by atoms with Crippen molar-refractivity contribution in [1.29, 1.82) is 0 Å². The summed E-state index contributed by atoms with van der Waals surface area (Å²) in [6, 6.07) is 0. The van der Waals surface area contributed by atoms with Crippen molar-refractivity contribution >= 4 is 129 Å². The summed E-state index contributed by atoms with van der Waals surface area (Å²) >= 11 is 14.4. The van der Waals surface area contributed by atoms with E-state index in [1.165, 1.54) is 8.88 Å². The van der Waals surface area contributed by atoms with E-state index in [0.29, 0.717) is 0 Å². The zero-order valence-electron chi connectivity index (χ0n) is 5.72. The molecule has 84 valence electrons. The minimum absolute atomic E-state index is 0.358. The van der Waals surface area contributed by atoms with E-state index >= 15 is 0 Å². The van der Waals surface area contributed by atoms with Crippen LogP contribution in [0.2, 0.25) is 0 Å². The molecular weight excluding hydrogens is 449 g/mol. The normalized spacial score (nSPS) is 7.43. The fourth-order valence-electron chi connectivity index (χ4n) is 0.113. The van der Waals surface area contributed by atoms with Gasteiger partial charge in [-0.15, -0.1) is 0 Å². The summed E-state index contributed by atoms with van der Waals surface area (Å²) in [5.41, 5.74) is 0. The Labute approximate surface area is 126 Å². The zero-order chi connectivity index (χ0) is 10.6. The van der Waals surface area contributed by atoms with Crippen LogP contribution in [0.3, 0.4) is 0 Å². The van der Waals surface area contributed by atoms with Gasteiger partial charge in [-0.3, -0.25) is 0 Å². The number of rotatable bonds is 0. The van der Waals surface area contributed by atoms with E-state index in [1.807, 2.05) is 0 Å². The van der Waals surface area contributed by atoms with Crippen LogP contribution in [-0.4, -0.2) is 0 Å². The third kappa shape index (κ3) is 15.1. The molecule has 0 atom stereocenters. The van der Waals surface area contributed by atoms with Gasteiger partial charge >= 0.3 is 0 Å². The lowest BCUT2D eigenvalue weighted by Crippen LogP contribution is -1.41. The molecule has 0 unspecified atom stereocenters. The Morgan fingerprint density at radius 2 is 1.07 bits per heavy atom. The Balaban J connectivity index is 5.70. The minimum atomic E-state index is -0.358. The van der Waals surface area contributed by atoms with Crippen molar-refractivity contribution in [2.75, 3.05) is 0 Å². The second-order valence-corrected chi connectivity index (χ2v) is 23.9. The molecule has 14 heteroatoms. The van der Waals surface area contributed by atoms with Crippen molar-refractivity contribution in [2.45, 2.75) is 0 Å². The van der Waals surface area contributed by atoms with Crippen molar-refractivity contribution in [3.63, 3.8) is 0 Å². The van der Waals surface area contributed by atoms with Gasteiger partial charge in [-0.25, -0.2) is 0 Å². The van der Waals surface area contributed by atoms with Crippen LogP contribution in [0.5, 0.6) is 0 Å². The third-order valence-corrected chi connectivity index (χ3v) is 24.7. The van der Waals surface area contributed by atoms with Crippen LogP contribution >= 0.6 is 0 Å². The molecule has 0 aromatic rings. The molecule has 0 spiro atoms. The Morgan fingerprint density at radius 3 is 1.50 bits per heavy atom. The molecule has 0 aliphatic rings. The standard InChI is InChI=1S/S14/c1-4-5-6-7-8-9-10-11-12-13-14(2)3. The summed E-state index contributed by atoms with van der Waals surface area (Å²) in [6.45, 7) is -0.358. The van der Waals surface area contributed by atoms with E-state index < -0.39 is 0 Å². The molecule has 0 aromatic heterocycles. The van der Waals surface area contributed by atoms with Gasteiger partial charge in [-0.2, -0.15) is 0 Å². The molecule has 0 saturated heterocycles. The highest BCUT2D eigenvalue weighted by Crippen LogP contribution is 1.41. The molecule has 14 heavy (non-hydrogen) atoms. The molecule has 0 amide bonds. The fraction of sp³-hybridized carbons (Fsp3) is 0. The summed E-state index contributed by atoms with van der Waals surface area (Å²) in [4.78, 5) is 0. The van der Waals surface area contributed by atoms with Crippen molar-refractivity contribution in [1.82, 2.24) is 0 Å². The quantitative estimate of drug-likeness (QED) is 0.511. The maximum Gasteiger partial charge on any atom is 0 e. The molecule has 0 nitrogen and oxygen atoms in total. The monoisotopic (exact) mass is 448 g/mol. The van der Waals surface area contributed by atoms with E-state index in [4.69, 9.17) is 33.6 Å². The van der Waals surface area contributed by atoms with Gasteiger partial charge in [0.25, 0.3) is 0 Å². The smallest absolute Gasteiger partial charge is 0 e. The van der Waals surface area contributed by atoms with E-state index in [0.717, 1.165) is 0 Å². The largest absolute Gasteiger partial charge is 0 e. The van der Waals surface area contributed by atoms with Crippen molar-refractivity contribution < 1.29 is 0 Å². The van der Waals surface area contributed by atoms with E-state index in [1.54, 1.807) is 79.9 Å². The SMILES string of the molecule is S=S=S=S=S=S=S=S=S=S=S=S(=S)=S. The number of hydrogen-bond acceptors (Lipinski definition) is 3. The molecule has 0 aliphatic heterocycles. The summed E-state index contributed by atoms with van der Waals surface area (Å²) in [5, 5.41) is 0. The van der Waals surface area contributed by atoms with Gasteiger partial charge in [0.15, 0.2) is 0 Å². The van der Waals surface area contributed by atoms with Crippen LogP contribution in [0.4, 0.5) is 0 Å². The summed E-state index contributed by atoms with van der Waals surface area (Å²) < 4.78 is 0. The predicted octanol–water partition coefficient (Wildman–Crippen LogP) is -0.0336. The van der Waals surface area contributed by atoms with Gasteiger partial charge in [0, 0.05) is 129 Å². The Morgan fingerprint density at radius 1 is 0.643 bits per heavy atom. The maximum absolute atomic E-state index is 4.86. The highest BCUT2D eigenvalue weighted by molar-refractivity contribution is 8.78. The first kappa shape index (κ1) is 17.1. The Hall–Kier alpha value is 3.08. The fourth-order valence-corrected chi connectivity index (χ4v) is 27.6. The lowest BCUT2D eigenvalue weighted by Gasteiger charge is -1.40. The molecule has 0 rings (SSSR count). The second-order valence-electron chi connectivity index (χ2n) is 0.885. The first-order valence-electron chi connectivity index (χ1n) is 2.17. The predicted molar refractivity (Wildman–Crippen MR) is 103 cm³/mol. The molecule has 0 aromatic carbocycles. The van der Waals surface area contributed by atoms with Crippen LogP contribution in [0, 0.1) is 0 Å². The van der Waals surface area contributed by atoms with E-state index in [-0.39, 0.29) is 6.57 Å². The van der Waals surface area contributed by atoms with Crippen LogP contribution in [0.1, 0.15) is 0 Å². The summed E-state index contributed by atoms with van der Waals surface area (Å²) in [7, 11) is 16.5. The average Bonchev–Trinajstić information content (AvgIpc) is 2.15. The van der Waals surface area contributed by atoms with E-state index in [2.05, 4.69) is 0 Å². The van der Waals surface area contributed by atoms with Gasteiger partial charge in [0.05, 0.1) is 0 Å². The molecule has 0 saturated carbocycles. The van der Waals surface area contributed by atoms with Crippen molar-refractivity contribution in [3.8, 4) is 0 Å². The van der Waals surface area contributed by atoms with Gasteiger partial charge in [-0.1, -0.05) is 0 Å².